The molecule has 0 bridgehead atoms. The van der Waals surface area contributed by atoms with Crippen molar-refractivity contribution in [2.24, 2.45) is 0 Å². The van der Waals surface area contributed by atoms with E-state index < -0.39 is 27.0 Å². The number of nitro groups is 2. The first-order valence-electron chi connectivity index (χ1n) is 3.98. The number of hydrogen-bond acceptors (Lipinski definition) is 5. The number of hydrogen-bond donors (Lipinski definition) is 0. The van der Waals surface area contributed by atoms with Crippen LogP contribution in [0.2, 0.25) is 0 Å². The van der Waals surface area contributed by atoms with Crippen molar-refractivity contribution in [1.82, 2.24) is 0 Å². The van der Waals surface area contributed by atoms with E-state index in [4.69, 9.17) is 0 Å². The predicted octanol–water partition coefficient (Wildman–Crippen LogP) is 2.08. The van der Waals surface area contributed by atoms with Gasteiger partial charge < -0.3 is 0 Å². The molecule has 0 radical (unpaired) electrons. The van der Waals surface area contributed by atoms with Crippen molar-refractivity contribution >= 4 is 33.1 Å². The lowest BCUT2D eigenvalue weighted by atomic mass is 10.1. The number of benzene rings is 1. The second kappa shape index (κ2) is 4.79. The van der Waals surface area contributed by atoms with Gasteiger partial charge in [-0.25, -0.2) is 0 Å². The van der Waals surface area contributed by atoms with E-state index in [9.17, 15) is 25.0 Å². The van der Waals surface area contributed by atoms with E-state index >= 15 is 0 Å². The van der Waals surface area contributed by atoms with Gasteiger partial charge in [0.2, 0.25) is 0 Å². The highest BCUT2D eigenvalue weighted by atomic mass is 79.9. The summed E-state index contributed by atoms with van der Waals surface area (Å²) in [6.07, 6.45) is 0. The van der Waals surface area contributed by atoms with Crippen molar-refractivity contribution in [3.63, 3.8) is 0 Å². The van der Waals surface area contributed by atoms with Gasteiger partial charge in [-0.2, -0.15) is 0 Å². The molecule has 0 saturated carbocycles. The van der Waals surface area contributed by atoms with Gasteiger partial charge in [-0.1, -0.05) is 15.9 Å². The fraction of sp³-hybridized carbons (Fsp3) is 0.125. The van der Waals surface area contributed by atoms with Gasteiger partial charge in [-0.15, -0.1) is 0 Å². The van der Waals surface area contributed by atoms with Gasteiger partial charge in [0.05, 0.1) is 21.2 Å². The molecule has 0 aliphatic heterocycles. The van der Waals surface area contributed by atoms with Crippen LogP contribution in [0.5, 0.6) is 0 Å². The van der Waals surface area contributed by atoms with Crippen LogP contribution in [0.4, 0.5) is 11.4 Å². The fourth-order valence-electron chi connectivity index (χ4n) is 1.04. The monoisotopic (exact) mass is 288 g/mol. The minimum Gasteiger partial charge on any atom is -0.293 e. The zero-order valence-electron chi connectivity index (χ0n) is 7.75. The second-order valence-electron chi connectivity index (χ2n) is 2.81. The quantitative estimate of drug-likeness (QED) is 0.365. The van der Waals surface area contributed by atoms with Crippen molar-refractivity contribution in [2.75, 3.05) is 5.33 Å². The number of nitrogens with zero attached hydrogens (tertiary/aromatic N) is 2. The van der Waals surface area contributed by atoms with E-state index in [2.05, 4.69) is 15.9 Å². The summed E-state index contributed by atoms with van der Waals surface area (Å²) in [5, 5.41) is 20.9. The molecule has 0 unspecified atom stereocenters. The Hall–Kier alpha value is -1.83. The van der Waals surface area contributed by atoms with E-state index in [1.54, 1.807) is 0 Å². The average Bonchev–Trinajstić information content (AvgIpc) is 2.27. The van der Waals surface area contributed by atoms with Crippen molar-refractivity contribution in [2.45, 2.75) is 0 Å². The van der Waals surface area contributed by atoms with E-state index in [1.807, 2.05) is 0 Å². The highest BCUT2D eigenvalue weighted by Gasteiger charge is 2.18. The third kappa shape index (κ3) is 2.60. The first-order chi connectivity index (χ1) is 7.45. The number of rotatable bonds is 4. The van der Waals surface area contributed by atoms with Gasteiger partial charge in [-0.3, -0.25) is 25.0 Å². The lowest BCUT2D eigenvalue weighted by Crippen LogP contribution is -2.02. The topological polar surface area (TPSA) is 103 Å². The highest BCUT2D eigenvalue weighted by Crippen LogP contribution is 2.23. The van der Waals surface area contributed by atoms with Crippen LogP contribution in [-0.2, 0) is 0 Å². The molecular weight excluding hydrogens is 284 g/mol. The maximum atomic E-state index is 11.3. The molecule has 84 valence electrons. The number of carbonyl (C=O) groups is 1. The molecule has 7 nitrogen and oxygen atoms in total. The zero-order valence-corrected chi connectivity index (χ0v) is 9.34. The zero-order chi connectivity index (χ0) is 12.3. The minimum absolute atomic E-state index is 0.0503. The van der Waals surface area contributed by atoms with Gasteiger partial charge in [0.25, 0.3) is 11.4 Å². The Bertz CT molecular complexity index is 441. The Balaban J connectivity index is 3.35. The Labute approximate surface area is 97.5 Å². The van der Waals surface area contributed by atoms with Crippen LogP contribution in [-0.4, -0.2) is 21.0 Å². The van der Waals surface area contributed by atoms with Crippen molar-refractivity contribution < 1.29 is 14.6 Å². The van der Waals surface area contributed by atoms with Crippen LogP contribution >= 0.6 is 15.9 Å². The van der Waals surface area contributed by atoms with Gasteiger partial charge in [-0.05, 0) is 0 Å². The number of nitro benzene ring substituents is 2. The summed E-state index contributed by atoms with van der Waals surface area (Å²) in [5.41, 5.74) is -1.00. The fourth-order valence-corrected chi connectivity index (χ4v) is 1.37. The molecule has 0 saturated heterocycles. The molecule has 0 N–H and O–H groups in total. The molecule has 16 heavy (non-hydrogen) atoms. The van der Waals surface area contributed by atoms with E-state index in [0.29, 0.717) is 0 Å². The maximum absolute atomic E-state index is 11.3. The van der Waals surface area contributed by atoms with Gasteiger partial charge >= 0.3 is 0 Å². The molecule has 0 amide bonds. The molecule has 0 aromatic heterocycles. The number of carbonyl (C=O) groups excluding carboxylic acids is 1. The normalized spacial score (nSPS) is 9.81. The molecule has 0 aliphatic rings. The predicted molar refractivity (Wildman–Crippen MR) is 57.9 cm³/mol. The third-order valence-electron chi connectivity index (χ3n) is 1.77. The number of halogens is 1. The molecule has 0 heterocycles. The molecule has 1 aromatic rings. The summed E-state index contributed by atoms with van der Waals surface area (Å²) < 4.78 is 0. The Kier molecular flexibility index (Phi) is 3.67. The summed E-state index contributed by atoms with van der Waals surface area (Å²) in [7, 11) is 0. The number of non-ortho nitro benzene ring substituents is 2. The largest absolute Gasteiger partial charge is 0.293 e. The molecule has 8 heteroatoms. The number of ketones is 1. The standard InChI is InChI=1S/C8H5BrN2O5/c9-4-8(12)5-1-6(10(13)14)3-7(2-5)11(15)16/h1-3H,4H2. The van der Waals surface area contributed by atoms with Gasteiger partial charge in [0, 0.05) is 17.7 Å². The van der Waals surface area contributed by atoms with Crippen molar-refractivity contribution in [3.05, 3.63) is 44.0 Å². The Morgan fingerprint density at radius 1 is 1.12 bits per heavy atom. The maximum Gasteiger partial charge on any atom is 0.277 e. The Morgan fingerprint density at radius 3 is 1.88 bits per heavy atom. The SMILES string of the molecule is O=C(CBr)c1cc([N+](=O)[O-])cc([N+](=O)[O-])c1. The average molecular weight is 289 g/mol. The van der Waals surface area contributed by atoms with Crippen LogP contribution in [0.25, 0.3) is 0 Å². The van der Waals surface area contributed by atoms with E-state index in [0.717, 1.165) is 18.2 Å². The highest BCUT2D eigenvalue weighted by molar-refractivity contribution is 9.09. The van der Waals surface area contributed by atoms with Crippen molar-refractivity contribution in [1.29, 1.82) is 0 Å². The Morgan fingerprint density at radius 2 is 1.56 bits per heavy atom. The summed E-state index contributed by atoms with van der Waals surface area (Å²) >= 11 is 2.89. The second-order valence-corrected chi connectivity index (χ2v) is 3.37. The van der Waals surface area contributed by atoms with E-state index in [1.165, 1.54) is 0 Å². The molecular formula is C8H5BrN2O5. The summed E-state index contributed by atoms with van der Waals surface area (Å²) in [5.74, 6) is -0.452. The van der Waals surface area contributed by atoms with Gasteiger partial charge in [0.1, 0.15) is 0 Å². The lowest BCUT2D eigenvalue weighted by Gasteiger charge is -1.98. The molecule has 0 aliphatic carbocycles. The van der Waals surface area contributed by atoms with Crippen LogP contribution in [0.3, 0.4) is 0 Å². The first-order valence-corrected chi connectivity index (χ1v) is 5.11. The van der Waals surface area contributed by atoms with Crippen LogP contribution in [0, 0.1) is 20.2 Å². The smallest absolute Gasteiger partial charge is 0.277 e. The summed E-state index contributed by atoms with van der Waals surface area (Å²) in [6.45, 7) is 0. The molecule has 0 atom stereocenters. The lowest BCUT2D eigenvalue weighted by molar-refractivity contribution is -0.394. The molecule has 1 rings (SSSR count). The van der Waals surface area contributed by atoms with Crippen LogP contribution < -0.4 is 0 Å². The van der Waals surface area contributed by atoms with E-state index in [-0.39, 0.29) is 10.9 Å². The summed E-state index contributed by atoms with van der Waals surface area (Å²) in [4.78, 5) is 30.7. The molecule has 0 spiro atoms. The first kappa shape index (κ1) is 12.2. The van der Waals surface area contributed by atoms with Crippen molar-refractivity contribution in [3.8, 4) is 0 Å². The van der Waals surface area contributed by atoms with Crippen LogP contribution in [0.1, 0.15) is 10.4 Å². The minimum atomic E-state index is -0.780. The van der Waals surface area contributed by atoms with Crippen LogP contribution in [0.15, 0.2) is 18.2 Å². The summed E-state index contributed by atoms with van der Waals surface area (Å²) in [6, 6.07) is 2.83. The number of Topliss-reactive ketones (excluding diaryl/α,β-unsaturated/α-hetero) is 1. The molecule has 0 fully saturated rings. The third-order valence-corrected chi connectivity index (χ3v) is 2.28. The van der Waals surface area contributed by atoms with Gasteiger partial charge in [0.15, 0.2) is 5.78 Å². The molecule has 1 aromatic carbocycles. The number of alkyl halides is 1.